The van der Waals surface area contributed by atoms with E-state index in [1.807, 2.05) is 12.1 Å². The molecule has 3 heterocycles. The molecule has 0 saturated carbocycles. The van der Waals surface area contributed by atoms with E-state index >= 15 is 0 Å². The Hall–Kier alpha value is -2.93. The van der Waals surface area contributed by atoms with Crippen molar-refractivity contribution in [1.29, 1.82) is 0 Å². The highest BCUT2D eigenvalue weighted by molar-refractivity contribution is 5.97. The molecule has 1 aliphatic rings. The molecule has 0 atom stereocenters. The van der Waals surface area contributed by atoms with E-state index in [1.54, 1.807) is 29.2 Å². The number of ether oxygens (including phenoxy) is 1. The number of fused-ring (bicyclic) bond motifs is 1. The fraction of sp³-hybridized carbons (Fsp3) is 0.278. The maximum atomic E-state index is 12.5. The number of rotatable bonds is 4. The van der Waals surface area contributed by atoms with Crippen molar-refractivity contribution < 1.29 is 9.53 Å². The molecule has 3 aromatic rings. The molecule has 1 fully saturated rings. The van der Waals surface area contributed by atoms with Gasteiger partial charge in [0.1, 0.15) is 0 Å². The van der Waals surface area contributed by atoms with E-state index in [-0.39, 0.29) is 5.91 Å². The summed E-state index contributed by atoms with van der Waals surface area (Å²) in [6, 6.07) is 8.21. The predicted octanol–water partition coefficient (Wildman–Crippen LogP) is 1.50. The number of carbonyl (C=O) groups excluding carboxylic acids is 1. The van der Waals surface area contributed by atoms with Gasteiger partial charge in [-0.15, -0.1) is 0 Å². The first-order chi connectivity index (χ1) is 12.3. The van der Waals surface area contributed by atoms with Crippen LogP contribution in [0.15, 0.2) is 49.1 Å². The smallest absolute Gasteiger partial charge is 0.274 e. The maximum absolute atomic E-state index is 12.5. The van der Waals surface area contributed by atoms with Crippen LogP contribution >= 0.6 is 0 Å². The monoisotopic (exact) mass is 337 g/mol. The van der Waals surface area contributed by atoms with Crippen LogP contribution in [0.4, 0.5) is 5.69 Å². The Bertz CT molecular complexity index is 886. The van der Waals surface area contributed by atoms with Crippen LogP contribution < -0.4 is 10.2 Å². The first-order valence-electron chi connectivity index (χ1n) is 8.29. The zero-order valence-electron chi connectivity index (χ0n) is 13.8. The minimum atomic E-state index is -0.228. The molecule has 1 saturated heterocycles. The van der Waals surface area contributed by atoms with Crippen molar-refractivity contribution in [3.63, 3.8) is 0 Å². The van der Waals surface area contributed by atoms with Gasteiger partial charge in [-0.3, -0.25) is 4.79 Å². The number of benzene rings is 1. The third-order valence-electron chi connectivity index (χ3n) is 4.27. The van der Waals surface area contributed by atoms with Crippen LogP contribution in [0.2, 0.25) is 0 Å². The summed E-state index contributed by atoms with van der Waals surface area (Å²) in [5.74, 6) is -0.228. The quantitative estimate of drug-likeness (QED) is 0.781. The summed E-state index contributed by atoms with van der Waals surface area (Å²) in [5, 5.41) is 2.93. The molecule has 0 radical (unpaired) electrons. The summed E-state index contributed by atoms with van der Waals surface area (Å²) >= 11 is 0. The van der Waals surface area contributed by atoms with Crippen LogP contribution in [0.5, 0.6) is 0 Å². The number of anilines is 1. The van der Waals surface area contributed by atoms with E-state index in [1.165, 1.54) is 0 Å². The van der Waals surface area contributed by atoms with Gasteiger partial charge < -0.3 is 19.4 Å². The van der Waals surface area contributed by atoms with E-state index in [9.17, 15) is 4.79 Å². The highest BCUT2D eigenvalue weighted by atomic mass is 16.5. The Morgan fingerprint density at radius 2 is 1.96 bits per heavy atom. The lowest BCUT2D eigenvalue weighted by Crippen LogP contribution is -2.36. The number of carbonyl (C=O) groups is 1. The summed E-state index contributed by atoms with van der Waals surface area (Å²) in [5.41, 5.74) is 3.09. The number of nitrogens with zero attached hydrogens (tertiary/aromatic N) is 4. The largest absolute Gasteiger partial charge is 0.378 e. The average molecular weight is 337 g/mol. The third-order valence-corrected chi connectivity index (χ3v) is 4.27. The molecule has 128 valence electrons. The predicted molar refractivity (Wildman–Crippen MR) is 93.6 cm³/mol. The molecular formula is C18H19N5O2. The van der Waals surface area contributed by atoms with Crippen molar-refractivity contribution in [2.45, 2.75) is 6.54 Å². The van der Waals surface area contributed by atoms with Gasteiger partial charge in [-0.05, 0) is 17.7 Å². The standard InChI is InChI=1S/C18H19N5O2/c24-18(16-17-20-5-7-23(17)6-4-19-16)21-13-14-2-1-3-15(12-14)22-8-10-25-11-9-22/h1-7,12H,8-11,13H2,(H,21,24). The van der Waals surface area contributed by atoms with Gasteiger partial charge in [0.25, 0.3) is 5.91 Å². The number of aromatic nitrogens is 3. The number of morpholine rings is 1. The van der Waals surface area contributed by atoms with Gasteiger partial charge in [0.2, 0.25) is 0 Å². The second-order valence-corrected chi connectivity index (χ2v) is 5.89. The molecule has 4 rings (SSSR count). The summed E-state index contributed by atoms with van der Waals surface area (Å²) in [6.45, 7) is 3.73. The van der Waals surface area contributed by atoms with Crippen molar-refractivity contribution in [3.8, 4) is 0 Å². The van der Waals surface area contributed by atoms with E-state index < -0.39 is 0 Å². The number of imidazole rings is 1. The summed E-state index contributed by atoms with van der Waals surface area (Å²) in [4.78, 5) is 23.1. The number of hydrogen-bond donors (Lipinski definition) is 1. The first-order valence-corrected chi connectivity index (χ1v) is 8.29. The molecule has 7 nitrogen and oxygen atoms in total. The van der Waals surface area contributed by atoms with Crippen molar-refractivity contribution in [3.05, 3.63) is 60.3 Å². The summed E-state index contributed by atoms with van der Waals surface area (Å²) < 4.78 is 7.17. The molecule has 7 heteroatoms. The fourth-order valence-corrected chi connectivity index (χ4v) is 2.97. The topological polar surface area (TPSA) is 71.8 Å². The van der Waals surface area contributed by atoms with Crippen LogP contribution in [0.3, 0.4) is 0 Å². The SMILES string of the molecule is O=C(NCc1cccc(N2CCOCC2)c1)c1nccn2ccnc12. The third kappa shape index (κ3) is 3.32. The molecule has 1 amide bonds. The minimum absolute atomic E-state index is 0.228. The molecular weight excluding hydrogens is 318 g/mol. The van der Waals surface area contributed by atoms with E-state index in [4.69, 9.17) is 4.74 Å². The number of amides is 1. The van der Waals surface area contributed by atoms with Crippen LogP contribution in [-0.2, 0) is 11.3 Å². The second kappa shape index (κ2) is 6.90. The van der Waals surface area contributed by atoms with Gasteiger partial charge in [-0.25, -0.2) is 9.97 Å². The molecule has 1 N–H and O–H groups in total. The van der Waals surface area contributed by atoms with Crippen molar-refractivity contribution in [1.82, 2.24) is 19.7 Å². The Labute approximate surface area is 145 Å². The average Bonchev–Trinajstić information content (AvgIpc) is 3.16. The Kier molecular flexibility index (Phi) is 4.30. The van der Waals surface area contributed by atoms with Crippen molar-refractivity contribution in [2.75, 3.05) is 31.2 Å². The van der Waals surface area contributed by atoms with Crippen LogP contribution in [-0.4, -0.2) is 46.6 Å². The van der Waals surface area contributed by atoms with Gasteiger partial charge in [0, 0.05) is 50.1 Å². The summed E-state index contributed by atoms with van der Waals surface area (Å²) in [6.07, 6.45) is 6.81. The van der Waals surface area contributed by atoms with E-state index in [0.29, 0.717) is 17.9 Å². The van der Waals surface area contributed by atoms with Crippen molar-refractivity contribution in [2.24, 2.45) is 0 Å². The number of nitrogens with one attached hydrogen (secondary N) is 1. The highest BCUT2D eigenvalue weighted by Crippen LogP contribution is 2.17. The maximum Gasteiger partial charge on any atom is 0.274 e. The lowest BCUT2D eigenvalue weighted by molar-refractivity contribution is 0.0947. The molecule has 1 aromatic carbocycles. The molecule has 0 spiro atoms. The van der Waals surface area contributed by atoms with Crippen LogP contribution in [0.25, 0.3) is 5.65 Å². The van der Waals surface area contributed by atoms with Gasteiger partial charge in [-0.1, -0.05) is 12.1 Å². The zero-order chi connectivity index (χ0) is 17.1. The molecule has 25 heavy (non-hydrogen) atoms. The van der Waals surface area contributed by atoms with E-state index in [2.05, 4.69) is 32.3 Å². The molecule has 1 aliphatic heterocycles. The minimum Gasteiger partial charge on any atom is -0.378 e. The van der Waals surface area contributed by atoms with Crippen LogP contribution in [0.1, 0.15) is 16.1 Å². The molecule has 2 aromatic heterocycles. The molecule has 0 unspecified atom stereocenters. The second-order valence-electron chi connectivity index (χ2n) is 5.89. The first kappa shape index (κ1) is 15.6. The summed E-state index contributed by atoms with van der Waals surface area (Å²) in [7, 11) is 0. The molecule has 0 bridgehead atoms. The van der Waals surface area contributed by atoms with Gasteiger partial charge >= 0.3 is 0 Å². The van der Waals surface area contributed by atoms with Crippen molar-refractivity contribution >= 4 is 17.2 Å². The van der Waals surface area contributed by atoms with Gasteiger partial charge in [-0.2, -0.15) is 0 Å². The highest BCUT2D eigenvalue weighted by Gasteiger charge is 2.14. The van der Waals surface area contributed by atoms with Gasteiger partial charge in [0.15, 0.2) is 11.3 Å². The fourth-order valence-electron chi connectivity index (χ4n) is 2.97. The lowest BCUT2D eigenvalue weighted by atomic mass is 10.1. The normalized spacial score (nSPS) is 14.6. The van der Waals surface area contributed by atoms with Gasteiger partial charge in [0.05, 0.1) is 13.2 Å². The van der Waals surface area contributed by atoms with E-state index in [0.717, 1.165) is 37.6 Å². The molecule has 0 aliphatic carbocycles. The van der Waals surface area contributed by atoms with Crippen LogP contribution in [0, 0.1) is 0 Å². The Morgan fingerprint density at radius 3 is 2.80 bits per heavy atom. The Balaban J connectivity index is 1.46. The number of hydrogen-bond acceptors (Lipinski definition) is 5. The Morgan fingerprint density at radius 1 is 1.16 bits per heavy atom. The zero-order valence-corrected chi connectivity index (χ0v) is 13.8. The lowest BCUT2D eigenvalue weighted by Gasteiger charge is -2.29.